The van der Waals surface area contributed by atoms with Crippen molar-refractivity contribution in [2.24, 2.45) is 0 Å². The number of carbonyl (C=O) groups is 1. The van der Waals surface area contributed by atoms with E-state index in [1.54, 1.807) is 6.08 Å². The average molecular weight is 403 g/mol. The third kappa shape index (κ3) is 4.87. The number of ketones is 1. The monoisotopic (exact) mass is 402 g/mol. The Bertz CT molecular complexity index is 974. The van der Waals surface area contributed by atoms with E-state index in [-0.39, 0.29) is 5.78 Å². The summed E-state index contributed by atoms with van der Waals surface area (Å²) in [7, 11) is 0. The lowest BCUT2D eigenvalue weighted by Crippen LogP contribution is -2.44. The van der Waals surface area contributed by atoms with Gasteiger partial charge in [-0.3, -0.25) is 4.79 Å². The smallest absolute Gasteiger partial charge is 0.187 e. The zero-order valence-corrected chi connectivity index (χ0v) is 16.9. The van der Waals surface area contributed by atoms with Crippen molar-refractivity contribution in [1.82, 2.24) is 4.90 Å². The molecule has 1 saturated heterocycles. The summed E-state index contributed by atoms with van der Waals surface area (Å²) in [5.41, 5.74) is 4.17. The van der Waals surface area contributed by atoms with Crippen LogP contribution in [0.15, 0.2) is 91.1 Å². The Kier molecular flexibility index (Phi) is 5.97. The van der Waals surface area contributed by atoms with Gasteiger partial charge in [0, 0.05) is 54.7 Å². The fraction of sp³-hybridized carbons (Fsp3) is 0.160. The highest BCUT2D eigenvalue weighted by Gasteiger charge is 2.15. The van der Waals surface area contributed by atoms with Crippen LogP contribution in [0.4, 0.5) is 5.69 Å². The van der Waals surface area contributed by atoms with Crippen LogP contribution in [0, 0.1) is 0 Å². The number of allylic oxidation sites excluding steroid dienone is 1. The molecule has 29 heavy (non-hydrogen) atoms. The Morgan fingerprint density at radius 3 is 2.03 bits per heavy atom. The van der Waals surface area contributed by atoms with E-state index < -0.39 is 0 Å². The molecule has 0 aromatic heterocycles. The predicted molar refractivity (Wildman–Crippen MR) is 121 cm³/mol. The zero-order chi connectivity index (χ0) is 20.1. The minimum atomic E-state index is 0.0322. The molecule has 0 radical (unpaired) electrons. The van der Waals surface area contributed by atoms with Crippen molar-refractivity contribution in [1.29, 1.82) is 0 Å². The molecule has 0 aliphatic carbocycles. The van der Waals surface area contributed by atoms with Gasteiger partial charge in [-0.15, -0.1) is 0 Å². The van der Waals surface area contributed by atoms with E-state index >= 15 is 0 Å². The first-order chi connectivity index (χ1) is 14.2. The number of carbonyl (C=O) groups excluding carboxylic acids is 1. The number of benzene rings is 3. The first-order valence-corrected chi connectivity index (χ1v) is 10.2. The van der Waals surface area contributed by atoms with Crippen molar-refractivity contribution >= 4 is 23.1 Å². The maximum Gasteiger partial charge on any atom is 0.187 e. The van der Waals surface area contributed by atoms with Crippen molar-refractivity contribution in [2.45, 2.75) is 0 Å². The normalized spacial score (nSPS) is 14.4. The number of hydrogen-bond donors (Lipinski definition) is 0. The van der Waals surface area contributed by atoms with Gasteiger partial charge in [0.2, 0.25) is 0 Å². The van der Waals surface area contributed by atoms with Gasteiger partial charge in [-0.2, -0.15) is 0 Å². The van der Waals surface area contributed by atoms with Crippen molar-refractivity contribution in [2.75, 3.05) is 31.1 Å². The number of rotatable bonds is 5. The molecule has 3 nitrogen and oxygen atoms in total. The molecule has 0 atom stereocenters. The molecule has 1 aliphatic heterocycles. The molecule has 1 aliphatic rings. The minimum absolute atomic E-state index is 0.0322. The van der Waals surface area contributed by atoms with Gasteiger partial charge in [-0.25, -0.2) is 0 Å². The highest BCUT2D eigenvalue weighted by atomic mass is 35.5. The van der Waals surface area contributed by atoms with E-state index in [9.17, 15) is 4.79 Å². The summed E-state index contributed by atoms with van der Waals surface area (Å²) in [5.74, 6) is 0.0322. The average Bonchev–Trinajstić information content (AvgIpc) is 2.79. The van der Waals surface area contributed by atoms with Crippen molar-refractivity contribution < 1.29 is 4.79 Å². The summed E-state index contributed by atoms with van der Waals surface area (Å²) >= 11 is 5.97. The minimum Gasteiger partial charge on any atom is -0.374 e. The zero-order valence-electron chi connectivity index (χ0n) is 16.2. The van der Waals surface area contributed by atoms with Gasteiger partial charge in [-0.05, 0) is 35.4 Å². The number of halogens is 1. The Morgan fingerprint density at radius 2 is 1.38 bits per heavy atom. The van der Waals surface area contributed by atoms with E-state index in [1.165, 1.54) is 5.69 Å². The van der Waals surface area contributed by atoms with E-state index in [2.05, 4.69) is 34.1 Å². The maximum atomic E-state index is 12.5. The fourth-order valence-corrected chi connectivity index (χ4v) is 3.63. The SMILES string of the molecule is O=C(/C=C/N1CCN(c2ccc(Cl)cc2)CC1)c1ccc(-c2ccccc2)cc1. The molecular weight excluding hydrogens is 380 g/mol. The molecule has 0 N–H and O–H groups in total. The highest BCUT2D eigenvalue weighted by Crippen LogP contribution is 2.21. The van der Waals surface area contributed by atoms with Crippen LogP contribution in [0.5, 0.6) is 0 Å². The first-order valence-electron chi connectivity index (χ1n) is 9.82. The van der Waals surface area contributed by atoms with Gasteiger partial charge >= 0.3 is 0 Å². The molecule has 4 rings (SSSR count). The summed E-state index contributed by atoms with van der Waals surface area (Å²) in [6, 6.07) is 25.9. The van der Waals surface area contributed by atoms with Crippen molar-refractivity contribution in [3.05, 3.63) is 102 Å². The second-order valence-corrected chi connectivity index (χ2v) is 7.56. The lowest BCUT2D eigenvalue weighted by molar-refractivity contribution is 0.104. The lowest BCUT2D eigenvalue weighted by atomic mass is 10.0. The van der Waals surface area contributed by atoms with E-state index in [4.69, 9.17) is 11.6 Å². The van der Waals surface area contributed by atoms with Crippen LogP contribution in [0.3, 0.4) is 0 Å². The quantitative estimate of drug-likeness (QED) is 0.414. The molecule has 0 amide bonds. The number of piperazine rings is 1. The van der Waals surface area contributed by atoms with E-state index in [1.807, 2.05) is 60.8 Å². The number of hydrogen-bond acceptors (Lipinski definition) is 3. The second kappa shape index (κ2) is 8.97. The number of anilines is 1. The summed E-state index contributed by atoms with van der Waals surface area (Å²) in [6.07, 6.45) is 3.60. The van der Waals surface area contributed by atoms with Crippen LogP contribution in [0.25, 0.3) is 11.1 Å². The first kappa shape index (κ1) is 19.3. The van der Waals surface area contributed by atoms with E-state index in [0.29, 0.717) is 5.56 Å². The van der Waals surface area contributed by atoms with Crippen LogP contribution < -0.4 is 4.90 Å². The summed E-state index contributed by atoms with van der Waals surface area (Å²) in [6.45, 7) is 3.62. The predicted octanol–water partition coefficient (Wildman–Crippen LogP) is 5.53. The lowest BCUT2D eigenvalue weighted by Gasteiger charge is -2.35. The van der Waals surface area contributed by atoms with Crippen LogP contribution >= 0.6 is 11.6 Å². The molecule has 3 aromatic rings. The Morgan fingerprint density at radius 1 is 0.759 bits per heavy atom. The van der Waals surface area contributed by atoms with Gasteiger partial charge in [0.15, 0.2) is 5.78 Å². The summed E-state index contributed by atoms with van der Waals surface area (Å²) in [5, 5.41) is 0.755. The molecule has 0 bridgehead atoms. The van der Waals surface area contributed by atoms with Gasteiger partial charge in [0.1, 0.15) is 0 Å². The van der Waals surface area contributed by atoms with Gasteiger partial charge in [0.05, 0.1) is 0 Å². The molecule has 3 aromatic carbocycles. The summed E-state index contributed by atoms with van der Waals surface area (Å²) < 4.78 is 0. The molecule has 1 heterocycles. The number of nitrogens with zero attached hydrogens (tertiary/aromatic N) is 2. The van der Waals surface area contributed by atoms with Gasteiger partial charge < -0.3 is 9.80 Å². The van der Waals surface area contributed by atoms with Crippen LogP contribution in [0.1, 0.15) is 10.4 Å². The summed E-state index contributed by atoms with van der Waals surface area (Å²) in [4.78, 5) is 17.1. The highest BCUT2D eigenvalue weighted by molar-refractivity contribution is 6.30. The Balaban J connectivity index is 1.32. The standard InChI is InChI=1S/C25H23ClN2O/c26-23-10-12-24(13-11-23)28-18-16-27(17-19-28)15-14-25(29)22-8-6-21(7-9-22)20-4-2-1-3-5-20/h1-15H,16-19H2/b15-14+. The molecule has 1 fully saturated rings. The largest absolute Gasteiger partial charge is 0.374 e. The van der Waals surface area contributed by atoms with Crippen molar-refractivity contribution in [3.8, 4) is 11.1 Å². The molecule has 0 saturated carbocycles. The molecular formula is C25H23ClN2O. The molecule has 146 valence electrons. The molecule has 0 unspecified atom stereocenters. The maximum absolute atomic E-state index is 12.5. The Hall–Kier alpha value is -3.04. The van der Waals surface area contributed by atoms with Crippen molar-refractivity contribution in [3.63, 3.8) is 0 Å². The van der Waals surface area contributed by atoms with Gasteiger partial charge in [-0.1, -0.05) is 66.2 Å². The second-order valence-electron chi connectivity index (χ2n) is 7.12. The van der Waals surface area contributed by atoms with Crippen LogP contribution in [-0.2, 0) is 0 Å². The molecule has 4 heteroatoms. The fourth-order valence-electron chi connectivity index (χ4n) is 3.51. The van der Waals surface area contributed by atoms with Gasteiger partial charge in [0.25, 0.3) is 0 Å². The topological polar surface area (TPSA) is 23.6 Å². The molecule has 0 spiro atoms. The third-order valence-corrected chi connectivity index (χ3v) is 5.47. The van der Waals surface area contributed by atoms with E-state index in [0.717, 1.165) is 42.3 Å². The Labute approximate surface area is 176 Å². The van der Waals surface area contributed by atoms with Crippen LogP contribution in [0.2, 0.25) is 5.02 Å². The third-order valence-electron chi connectivity index (χ3n) is 5.22. The van der Waals surface area contributed by atoms with Crippen LogP contribution in [-0.4, -0.2) is 36.9 Å².